The van der Waals surface area contributed by atoms with Crippen molar-refractivity contribution in [3.63, 3.8) is 0 Å². The number of hydrogen-bond donors (Lipinski definition) is 0. The maximum Gasteiger partial charge on any atom is 0.101 e. The van der Waals surface area contributed by atoms with Crippen molar-refractivity contribution in [3.05, 3.63) is 53.9 Å². The zero-order valence-corrected chi connectivity index (χ0v) is 8.70. The number of hydrogen-bond acceptors (Lipinski definition) is 2. The zero-order chi connectivity index (χ0) is 11.5. The van der Waals surface area contributed by atoms with Crippen LogP contribution >= 0.6 is 0 Å². The molecule has 0 saturated carbocycles. The number of nitriles is 2. The van der Waals surface area contributed by atoms with Crippen molar-refractivity contribution in [2.45, 2.75) is 6.42 Å². The van der Waals surface area contributed by atoms with E-state index in [2.05, 4.69) is 19.1 Å². The summed E-state index contributed by atoms with van der Waals surface area (Å²) >= 11 is 0. The lowest BCUT2D eigenvalue weighted by atomic mass is 9.94. The van der Waals surface area contributed by atoms with E-state index >= 15 is 0 Å². The third kappa shape index (κ3) is 1.42. The largest absolute Gasteiger partial charge is 0.192 e. The average molecular weight is 205 g/mol. The minimum atomic E-state index is 0.430. The van der Waals surface area contributed by atoms with Crippen LogP contribution in [0.15, 0.2) is 30.3 Å². The van der Waals surface area contributed by atoms with Gasteiger partial charge in [0.2, 0.25) is 0 Å². The van der Waals surface area contributed by atoms with Gasteiger partial charge in [-0.1, -0.05) is 24.3 Å². The molecule has 2 aromatic carbocycles. The van der Waals surface area contributed by atoms with Crippen LogP contribution in [-0.4, -0.2) is 0 Å². The maximum absolute atomic E-state index is 9.09. The molecule has 0 aliphatic heterocycles. The molecule has 0 aromatic heterocycles. The molecule has 0 atom stereocenters. The van der Waals surface area contributed by atoms with Crippen LogP contribution in [0.5, 0.6) is 0 Å². The summed E-state index contributed by atoms with van der Waals surface area (Å²) in [5.41, 5.74) is 1.74. The lowest BCUT2D eigenvalue weighted by Crippen LogP contribution is -1.94. The standard InChI is InChI=1S/C14H9N2/c1-2-12-13-6-4-3-5-10(13)7-11(8-15)14(12)9-16/h3-7H,1-2H2. The van der Waals surface area contributed by atoms with Crippen LogP contribution in [0.4, 0.5) is 0 Å². The van der Waals surface area contributed by atoms with Crippen LogP contribution in [0.25, 0.3) is 10.8 Å². The Hall–Kier alpha value is -2.32. The van der Waals surface area contributed by atoms with E-state index in [1.807, 2.05) is 24.3 Å². The fourth-order valence-electron chi connectivity index (χ4n) is 1.90. The fourth-order valence-corrected chi connectivity index (χ4v) is 1.90. The van der Waals surface area contributed by atoms with Crippen molar-refractivity contribution in [1.29, 1.82) is 10.5 Å². The second kappa shape index (κ2) is 4.04. The Morgan fingerprint density at radius 2 is 1.88 bits per heavy atom. The monoisotopic (exact) mass is 205 g/mol. The lowest BCUT2D eigenvalue weighted by Gasteiger charge is -2.08. The lowest BCUT2D eigenvalue weighted by molar-refractivity contribution is 1.26. The molecule has 1 radical (unpaired) electrons. The molecule has 0 bridgehead atoms. The molecule has 75 valence electrons. The van der Waals surface area contributed by atoms with Gasteiger partial charge in [0, 0.05) is 0 Å². The Bertz CT molecular complexity index is 627. The number of rotatable bonds is 1. The highest BCUT2D eigenvalue weighted by atomic mass is 14.3. The Labute approximate surface area is 94.4 Å². The molecule has 2 rings (SSSR count). The van der Waals surface area contributed by atoms with E-state index in [-0.39, 0.29) is 0 Å². The molecule has 0 amide bonds. The molecule has 0 fully saturated rings. The van der Waals surface area contributed by atoms with Crippen LogP contribution in [0.1, 0.15) is 16.7 Å². The Morgan fingerprint density at radius 3 is 2.50 bits per heavy atom. The van der Waals surface area contributed by atoms with E-state index in [1.165, 1.54) is 0 Å². The summed E-state index contributed by atoms with van der Waals surface area (Å²) in [6.45, 7) is 3.83. The summed E-state index contributed by atoms with van der Waals surface area (Å²) in [5, 5.41) is 20.1. The molecular formula is C14H9N2. The van der Waals surface area contributed by atoms with Crippen LogP contribution < -0.4 is 0 Å². The second-order valence-corrected chi connectivity index (χ2v) is 3.47. The van der Waals surface area contributed by atoms with Gasteiger partial charge in [-0.25, -0.2) is 0 Å². The molecule has 16 heavy (non-hydrogen) atoms. The normalized spacial score (nSPS) is 9.69. The number of fused-ring (bicyclic) bond motifs is 1. The molecule has 2 aromatic rings. The molecule has 0 spiro atoms. The minimum absolute atomic E-state index is 0.430. The molecular weight excluding hydrogens is 196 g/mol. The quantitative estimate of drug-likeness (QED) is 0.718. The van der Waals surface area contributed by atoms with Gasteiger partial charge in [0.05, 0.1) is 11.1 Å². The molecule has 0 aliphatic rings. The first kappa shape index (κ1) is 10.2. The van der Waals surface area contributed by atoms with Crippen molar-refractivity contribution < 1.29 is 0 Å². The summed E-state index contributed by atoms with van der Waals surface area (Å²) in [6.07, 6.45) is 0.513. The van der Waals surface area contributed by atoms with E-state index in [9.17, 15) is 0 Å². The average Bonchev–Trinajstić information content (AvgIpc) is 2.36. The maximum atomic E-state index is 9.09. The summed E-state index contributed by atoms with van der Waals surface area (Å²) in [7, 11) is 0. The molecule has 0 unspecified atom stereocenters. The molecule has 0 saturated heterocycles. The van der Waals surface area contributed by atoms with Crippen molar-refractivity contribution >= 4 is 10.8 Å². The van der Waals surface area contributed by atoms with E-state index in [0.717, 1.165) is 16.3 Å². The Balaban J connectivity index is 2.96. The molecule has 2 nitrogen and oxygen atoms in total. The van der Waals surface area contributed by atoms with Gasteiger partial charge in [0.15, 0.2) is 0 Å². The smallest absolute Gasteiger partial charge is 0.101 e. The molecule has 0 N–H and O–H groups in total. The van der Waals surface area contributed by atoms with E-state index < -0.39 is 0 Å². The summed E-state index contributed by atoms with van der Waals surface area (Å²) < 4.78 is 0. The van der Waals surface area contributed by atoms with Crippen molar-refractivity contribution in [2.24, 2.45) is 0 Å². The van der Waals surface area contributed by atoms with Gasteiger partial charge in [-0.15, -0.1) is 0 Å². The molecule has 2 heteroatoms. The van der Waals surface area contributed by atoms with Gasteiger partial charge >= 0.3 is 0 Å². The predicted molar refractivity (Wildman–Crippen MR) is 62.4 cm³/mol. The highest BCUT2D eigenvalue weighted by Crippen LogP contribution is 2.25. The second-order valence-electron chi connectivity index (χ2n) is 3.47. The first-order valence-corrected chi connectivity index (χ1v) is 4.96. The van der Waals surface area contributed by atoms with Crippen LogP contribution in [0.2, 0.25) is 0 Å². The van der Waals surface area contributed by atoms with Gasteiger partial charge < -0.3 is 0 Å². The fraction of sp³-hybridized carbons (Fsp3) is 0.0714. The van der Waals surface area contributed by atoms with Gasteiger partial charge in [-0.05, 0) is 35.7 Å². The molecule has 0 aliphatic carbocycles. The van der Waals surface area contributed by atoms with Crippen LogP contribution in [0, 0.1) is 29.6 Å². The van der Waals surface area contributed by atoms with Gasteiger partial charge in [-0.3, -0.25) is 0 Å². The van der Waals surface area contributed by atoms with Gasteiger partial charge in [-0.2, -0.15) is 10.5 Å². The summed E-state index contributed by atoms with van der Waals surface area (Å²) in [5.74, 6) is 0. The van der Waals surface area contributed by atoms with Crippen molar-refractivity contribution in [1.82, 2.24) is 0 Å². The van der Waals surface area contributed by atoms with E-state index in [4.69, 9.17) is 10.5 Å². The summed E-state index contributed by atoms with van der Waals surface area (Å²) in [6, 6.07) is 13.7. The highest BCUT2D eigenvalue weighted by Gasteiger charge is 2.11. The highest BCUT2D eigenvalue weighted by molar-refractivity contribution is 5.89. The topological polar surface area (TPSA) is 47.6 Å². The number of benzene rings is 2. The van der Waals surface area contributed by atoms with Gasteiger partial charge in [0.25, 0.3) is 0 Å². The zero-order valence-electron chi connectivity index (χ0n) is 8.70. The van der Waals surface area contributed by atoms with Crippen LogP contribution in [0.3, 0.4) is 0 Å². The Morgan fingerprint density at radius 1 is 1.12 bits per heavy atom. The summed E-state index contributed by atoms with van der Waals surface area (Å²) in [4.78, 5) is 0. The third-order valence-electron chi connectivity index (χ3n) is 2.64. The predicted octanol–water partition coefficient (Wildman–Crippen LogP) is 2.96. The van der Waals surface area contributed by atoms with Crippen molar-refractivity contribution in [2.75, 3.05) is 0 Å². The van der Waals surface area contributed by atoms with Crippen molar-refractivity contribution in [3.8, 4) is 12.1 Å². The third-order valence-corrected chi connectivity index (χ3v) is 2.64. The number of nitrogens with zero attached hydrogens (tertiary/aromatic N) is 2. The van der Waals surface area contributed by atoms with E-state index in [0.29, 0.717) is 17.5 Å². The SMILES string of the molecule is [CH2]Cc1c(C#N)c(C#N)cc2ccccc12. The van der Waals surface area contributed by atoms with Crippen LogP contribution in [-0.2, 0) is 6.42 Å². The minimum Gasteiger partial charge on any atom is -0.192 e. The Kier molecular flexibility index (Phi) is 2.58. The molecule has 0 heterocycles. The van der Waals surface area contributed by atoms with E-state index in [1.54, 1.807) is 6.07 Å². The first-order chi connectivity index (χ1) is 7.81. The first-order valence-electron chi connectivity index (χ1n) is 4.96. The van der Waals surface area contributed by atoms with Gasteiger partial charge in [0.1, 0.15) is 12.1 Å².